The molecule has 0 aromatic heterocycles. The average molecular weight is 384 g/mol. The molecule has 1 fully saturated rings. The SMILES string of the molecule is COc1ccc(CCC(=O)N2CCN(c3ccccc3OC)CC2)cc1OC. The number of hydrogen-bond acceptors (Lipinski definition) is 5. The number of carbonyl (C=O) groups is 1. The van der Waals surface area contributed by atoms with E-state index in [1.54, 1.807) is 21.3 Å². The van der Waals surface area contributed by atoms with Gasteiger partial charge in [-0.1, -0.05) is 18.2 Å². The number of ether oxygens (including phenoxy) is 3. The van der Waals surface area contributed by atoms with Gasteiger partial charge in [0.2, 0.25) is 5.91 Å². The standard InChI is InChI=1S/C22H28N2O4/c1-26-19-7-5-4-6-18(19)23-12-14-24(15-13-23)22(25)11-9-17-8-10-20(27-2)21(16-17)28-3/h4-8,10,16H,9,11-15H2,1-3H3. The molecule has 0 bridgehead atoms. The van der Waals surface area contributed by atoms with Gasteiger partial charge in [-0.25, -0.2) is 0 Å². The van der Waals surface area contributed by atoms with Crippen LogP contribution in [0.15, 0.2) is 42.5 Å². The molecular weight excluding hydrogens is 356 g/mol. The van der Waals surface area contributed by atoms with Crippen LogP contribution in [0.25, 0.3) is 0 Å². The van der Waals surface area contributed by atoms with E-state index in [1.807, 2.05) is 41.3 Å². The first kappa shape index (κ1) is 19.9. The molecule has 1 aliphatic heterocycles. The van der Waals surface area contributed by atoms with Gasteiger partial charge in [0.05, 0.1) is 27.0 Å². The van der Waals surface area contributed by atoms with Crippen molar-refractivity contribution in [3.63, 3.8) is 0 Å². The second kappa shape index (κ2) is 9.35. The van der Waals surface area contributed by atoms with Crippen LogP contribution >= 0.6 is 0 Å². The molecule has 0 radical (unpaired) electrons. The Labute approximate surface area is 166 Å². The second-order valence-corrected chi connectivity index (χ2v) is 6.73. The Hall–Kier alpha value is -2.89. The van der Waals surface area contributed by atoms with Crippen molar-refractivity contribution in [2.45, 2.75) is 12.8 Å². The van der Waals surface area contributed by atoms with Crippen molar-refractivity contribution in [1.82, 2.24) is 4.90 Å². The molecule has 6 heteroatoms. The lowest BCUT2D eigenvalue weighted by Gasteiger charge is -2.36. The summed E-state index contributed by atoms with van der Waals surface area (Å²) in [6, 6.07) is 13.8. The number of methoxy groups -OCH3 is 3. The van der Waals surface area contributed by atoms with Gasteiger partial charge in [0.1, 0.15) is 5.75 Å². The lowest BCUT2D eigenvalue weighted by molar-refractivity contribution is -0.131. The van der Waals surface area contributed by atoms with Gasteiger partial charge in [-0.3, -0.25) is 4.79 Å². The van der Waals surface area contributed by atoms with Crippen LogP contribution in [0.5, 0.6) is 17.2 Å². The predicted octanol–water partition coefficient (Wildman–Crippen LogP) is 2.99. The maximum atomic E-state index is 12.6. The van der Waals surface area contributed by atoms with Crippen molar-refractivity contribution >= 4 is 11.6 Å². The van der Waals surface area contributed by atoms with Crippen LogP contribution in [0.3, 0.4) is 0 Å². The topological polar surface area (TPSA) is 51.2 Å². The van der Waals surface area contributed by atoms with Gasteiger partial charge in [-0.2, -0.15) is 0 Å². The minimum atomic E-state index is 0.189. The highest BCUT2D eigenvalue weighted by Gasteiger charge is 2.22. The van der Waals surface area contributed by atoms with E-state index >= 15 is 0 Å². The fourth-order valence-corrected chi connectivity index (χ4v) is 3.53. The largest absolute Gasteiger partial charge is 0.495 e. The van der Waals surface area contributed by atoms with Crippen LogP contribution in [-0.4, -0.2) is 58.3 Å². The molecule has 0 aliphatic carbocycles. The van der Waals surface area contributed by atoms with E-state index in [-0.39, 0.29) is 5.91 Å². The number of para-hydroxylation sites is 2. The Kier molecular flexibility index (Phi) is 6.63. The molecule has 150 valence electrons. The van der Waals surface area contributed by atoms with Crippen molar-refractivity contribution in [3.8, 4) is 17.2 Å². The summed E-state index contributed by atoms with van der Waals surface area (Å²) in [6.45, 7) is 3.07. The average Bonchev–Trinajstić information content (AvgIpc) is 2.77. The van der Waals surface area contributed by atoms with Gasteiger partial charge in [-0.05, 0) is 36.2 Å². The zero-order valence-electron chi connectivity index (χ0n) is 16.8. The third kappa shape index (κ3) is 4.50. The quantitative estimate of drug-likeness (QED) is 0.735. The van der Waals surface area contributed by atoms with Gasteiger partial charge in [0.15, 0.2) is 11.5 Å². The number of anilines is 1. The van der Waals surface area contributed by atoms with Crippen LogP contribution in [0.1, 0.15) is 12.0 Å². The summed E-state index contributed by atoms with van der Waals surface area (Å²) >= 11 is 0. The summed E-state index contributed by atoms with van der Waals surface area (Å²) < 4.78 is 16.1. The van der Waals surface area contributed by atoms with E-state index in [9.17, 15) is 4.79 Å². The Morgan fingerprint density at radius 1 is 0.857 bits per heavy atom. The number of benzene rings is 2. The van der Waals surface area contributed by atoms with E-state index < -0.39 is 0 Å². The molecule has 0 N–H and O–H groups in total. The van der Waals surface area contributed by atoms with Crippen LogP contribution in [0.4, 0.5) is 5.69 Å². The monoisotopic (exact) mass is 384 g/mol. The third-order valence-electron chi connectivity index (χ3n) is 5.13. The summed E-state index contributed by atoms with van der Waals surface area (Å²) in [7, 11) is 4.92. The number of piperazine rings is 1. The fourth-order valence-electron chi connectivity index (χ4n) is 3.53. The second-order valence-electron chi connectivity index (χ2n) is 6.73. The predicted molar refractivity (Wildman–Crippen MR) is 110 cm³/mol. The molecule has 2 aromatic rings. The highest BCUT2D eigenvalue weighted by Crippen LogP contribution is 2.29. The Balaban J connectivity index is 1.53. The van der Waals surface area contributed by atoms with E-state index in [2.05, 4.69) is 11.0 Å². The van der Waals surface area contributed by atoms with Gasteiger partial charge >= 0.3 is 0 Å². The lowest BCUT2D eigenvalue weighted by Crippen LogP contribution is -2.48. The third-order valence-corrected chi connectivity index (χ3v) is 5.13. The van der Waals surface area contributed by atoms with E-state index in [0.29, 0.717) is 24.3 Å². The first-order valence-corrected chi connectivity index (χ1v) is 9.53. The van der Waals surface area contributed by atoms with E-state index in [1.165, 1.54) is 0 Å². The Bertz CT molecular complexity index is 801. The van der Waals surface area contributed by atoms with Crippen molar-refractivity contribution in [1.29, 1.82) is 0 Å². The molecule has 0 saturated carbocycles. The van der Waals surface area contributed by atoms with Crippen LogP contribution in [0, 0.1) is 0 Å². The van der Waals surface area contributed by atoms with Crippen molar-refractivity contribution < 1.29 is 19.0 Å². The molecule has 0 spiro atoms. The Morgan fingerprint density at radius 3 is 2.21 bits per heavy atom. The van der Waals surface area contributed by atoms with Crippen molar-refractivity contribution in [2.75, 3.05) is 52.4 Å². The van der Waals surface area contributed by atoms with E-state index in [0.717, 1.165) is 43.2 Å². The maximum absolute atomic E-state index is 12.6. The summed E-state index contributed by atoms with van der Waals surface area (Å²) in [5.74, 6) is 2.45. The molecule has 6 nitrogen and oxygen atoms in total. The molecule has 1 aliphatic rings. The van der Waals surface area contributed by atoms with E-state index in [4.69, 9.17) is 14.2 Å². The van der Waals surface area contributed by atoms with Crippen LogP contribution < -0.4 is 19.1 Å². The highest BCUT2D eigenvalue weighted by atomic mass is 16.5. The molecule has 3 rings (SSSR count). The fraction of sp³-hybridized carbons (Fsp3) is 0.409. The number of aryl methyl sites for hydroxylation is 1. The summed E-state index contributed by atoms with van der Waals surface area (Å²) in [4.78, 5) is 16.9. The minimum Gasteiger partial charge on any atom is -0.495 e. The smallest absolute Gasteiger partial charge is 0.223 e. The molecule has 1 amide bonds. The first-order chi connectivity index (χ1) is 13.7. The zero-order chi connectivity index (χ0) is 19.9. The van der Waals surface area contributed by atoms with Gasteiger partial charge < -0.3 is 24.0 Å². The first-order valence-electron chi connectivity index (χ1n) is 9.53. The Morgan fingerprint density at radius 2 is 1.54 bits per heavy atom. The number of hydrogen-bond donors (Lipinski definition) is 0. The van der Waals surface area contributed by atoms with Crippen LogP contribution in [0.2, 0.25) is 0 Å². The lowest BCUT2D eigenvalue weighted by atomic mass is 10.1. The van der Waals surface area contributed by atoms with Gasteiger partial charge in [-0.15, -0.1) is 0 Å². The number of nitrogens with zero attached hydrogens (tertiary/aromatic N) is 2. The molecule has 2 aromatic carbocycles. The molecule has 1 saturated heterocycles. The molecule has 1 heterocycles. The summed E-state index contributed by atoms with van der Waals surface area (Å²) in [6.07, 6.45) is 1.18. The molecular formula is C22H28N2O4. The zero-order valence-corrected chi connectivity index (χ0v) is 16.8. The minimum absolute atomic E-state index is 0.189. The number of amides is 1. The van der Waals surface area contributed by atoms with Gasteiger partial charge in [0.25, 0.3) is 0 Å². The molecule has 0 unspecified atom stereocenters. The summed E-state index contributed by atoms with van der Waals surface area (Å²) in [5.41, 5.74) is 2.15. The van der Waals surface area contributed by atoms with Crippen molar-refractivity contribution in [2.24, 2.45) is 0 Å². The number of carbonyl (C=O) groups excluding carboxylic acids is 1. The molecule has 0 atom stereocenters. The molecule has 28 heavy (non-hydrogen) atoms. The van der Waals surface area contributed by atoms with Crippen molar-refractivity contribution in [3.05, 3.63) is 48.0 Å². The normalized spacial score (nSPS) is 14.0. The van der Waals surface area contributed by atoms with Crippen LogP contribution in [-0.2, 0) is 11.2 Å². The highest BCUT2D eigenvalue weighted by molar-refractivity contribution is 5.77. The maximum Gasteiger partial charge on any atom is 0.223 e. The van der Waals surface area contributed by atoms with Gasteiger partial charge in [0, 0.05) is 32.6 Å². The number of rotatable bonds is 7. The summed E-state index contributed by atoms with van der Waals surface area (Å²) in [5, 5.41) is 0.